The summed E-state index contributed by atoms with van der Waals surface area (Å²) in [6, 6.07) is 3.04. The molecule has 1 aliphatic rings. The van der Waals surface area contributed by atoms with Gasteiger partial charge < -0.3 is 4.74 Å². The quantitative estimate of drug-likeness (QED) is 0.763. The second-order valence-electron chi connectivity index (χ2n) is 3.68. The summed E-state index contributed by atoms with van der Waals surface area (Å²) in [5.41, 5.74) is 0.396. The van der Waals surface area contributed by atoms with Crippen molar-refractivity contribution in [2.24, 2.45) is 0 Å². The van der Waals surface area contributed by atoms with Gasteiger partial charge in [-0.1, -0.05) is 6.07 Å². The molecule has 1 saturated heterocycles. The minimum absolute atomic E-state index is 0.0418. The number of methoxy groups -OCH3 is 1. The summed E-state index contributed by atoms with van der Waals surface area (Å²) >= 11 is 0. The molecule has 0 radical (unpaired) electrons. The number of hydrogen-bond donors (Lipinski definition) is 0. The Morgan fingerprint density at radius 3 is 2.53 bits per heavy atom. The highest BCUT2D eigenvalue weighted by molar-refractivity contribution is 5.31. The lowest BCUT2D eigenvalue weighted by Crippen LogP contribution is -2.36. The first-order chi connectivity index (χ1) is 7.22. The second kappa shape index (κ2) is 4.14. The summed E-state index contributed by atoms with van der Waals surface area (Å²) in [4.78, 5) is 2.07. The first-order valence-corrected chi connectivity index (χ1v) is 4.95. The van der Waals surface area contributed by atoms with Crippen molar-refractivity contribution in [3.8, 4) is 5.75 Å². The van der Waals surface area contributed by atoms with E-state index in [1.165, 1.54) is 13.2 Å². The van der Waals surface area contributed by atoms with E-state index in [1.807, 2.05) is 0 Å². The van der Waals surface area contributed by atoms with E-state index in [0.29, 0.717) is 12.1 Å². The van der Waals surface area contributed by atoms with E-state index in [4.69, 9.17) is 4.74 Å². The van der Waals surface area contributed by atoms with Gasteiger partial charge in [0.25, 0.3) is 0 Å². The molecule has 82 valence electrons. The third-order valence-electron chi connectivity index (χ3n) is 2.69. The molecule has 0 atom stereocenters. The monoisotopic (exact) mass is 213 g/mol. The Kier molecular flexibility index (Phi) is 2.86. The molecule has 0 bridgehead atoms. The van der Waals surface area contributed by atoms with Crippen LogP contribution in [0.2, 0.25) is 0 Å². The molecule has 0 aliphatic carbocycles. The lowest BCUT2D eigenvalue weighted by Gasteiger charge is -2.30. The van der Waals surface area contributed by atoms with Crippen molar-refractivity contribution in [1.29, 1.82) is 0 Å². The number of halogens is 2. The standard InChI is InChI=1S/C11H13F2NO/c1-15-9-4-3-8(10(12)11(9)13)7-14-5-2-6-14/h3-4H,2,5-7H2,1H3. The molecular weight excluding hydrogens is 200 g/mol. The molecule has 0 spiro atoms. The van der Waals surface area contributed by atoms with Crippen LogP contribution in [-0.2, 0) is 6.54 Å². The summed E-state index contributed by atoms with van der Waals surface area (Å²) in [6.45, 7) is 2.41. The van der Waals surface area contributed by atoms with E-state index in [1.54, 1.807) is 6.07 Å². The van der Waals surface area contributed by atoms with Crippen molar-refractivity contribution < 1.29 is 13.5 Å². The van der Waals surface area contributed by atoms with E-state index in [0.717, 1.165) is 19.5 Å². The van der Waals surface area contributed by atoms with Gasteiger partial charge in [0.15, 0.2) is 11.6 Å². The fourth-order valence-corrected chi connectivity index (χ4v) is 1.63. The van der Waals surface area contributed by atoms with Crippen LogP contribution in [0.3, 0.4) is 0 Å². The molecule has 0 unspecified atom stereocenters. The van der Waals surface area contributed by atoms with E-state index < -0.39 is 11.6 Å². The SMILES string of the molecule is COc1ccc(CN2CCC2)c(F)c1F. The van der Waals surface area contributed by atoms with Crippen LogP contribution in [0, 0.1) is 11.6 Å². The number of likely N-dealkylation sites (tertiary alicyclic amines) is 1. The van der Waals surface area contributed by atoms with Gasteiger partial charge in [0.05, 0.1) is 7.11 Å². The van der Waals surface area contributed by atoms with E-state index in [-0.39, 0.29) is 5.75 Å². The molecule has 4 heteroatoms. The van der Waals surface area contributed by atoms with Crippen molar-refractivity contribution in [3.05, 3.63) is 29.3 Å². The molecular formula is C11H13F2NO. The van der Waals surface area contributed by atoms with Gasteiger partial charge in [0.2, 0.25) is 5.82 Å². The van der Waals surface area contributed by atoms with Gasteiger partial charge in [-0.2, -0.15) is 4.39 Å². The van der Waals surface area contributed by atoms with Crippen LogP contribution in [-0.4, -0.2) is 25.1 Å². The molecule has 1 aliphatic heterocycles. The molecule has 0 saturated carbocycles. The molecule has 0 amide bonds. The second-order valence-corrected chi connectivity index (χ2v) is 3.68. The number of benzene rings is 1. The first-order valence-electron chi connectivity index (χ1n) is 4.95. The van der Waals surface area contributed by atoms with Crippen LogP contribution < -0.4 is 4.74 Å². The topological polar surface area (TPSA) is 12.5 Å². The number of rotatable bonds is 3. The average Bonchev–Trinajstić information content (AvgIpc) is 2.18. The van der Waals surface area contributed by atoms with Crippen LogP contribution in [0.4, 0.5) is 8.78 Å². The van der Waals surface area contributed by atoms with Crippen LogP contribution in [0.25, 0.3) is 0 Å². The highest BCUT2D eigenvalue weighted by atomic mass is 19.2. The molecule has 1 aromatic rings. The van der Waals surface area contributed by atoms with Crippen molar-refractivity contribution in [1.82, 2.24) is 4.90 Å². The summed E-state index contributed by atoms with van der Waals surface area (Å²) in [7, 11) is 1.33. The summed E-state index contributed by atoms with van der Waals surface area (Å²) in [6.07, 6.45) is 1.14. The number of nitrogens with zero attached hydrogens (tertiary/aromatic N) is 1. The van der Waals surface area contributed by atoms with Crippen molar-refractivity contribution in [3.63, 3.8) is 0 Å². The number of hydrogen-bond acceptors (Lipinski definition) is 2. The van der Waals surface area contributed by atoms with Crippen molar-refractivity contribution >= 4 is 0 Å². The van der Waals surface area contributed by atoms with Crippen LogP contribution in [0.15, 0.2) is 12.1 Å². The third-order valence-corrected chi connectivity index (χ3v) is 2.69. The zero-order valence-corrected chi connectivity index (χ0v) is 8.59. The fraction of sp³-hybridized carbons (Fsp3) is 0.455. The van der Waals surface area contributed by atoms with E-state index in [2.05, 4.69) is 4.90 Å². The highest BCUT2D eigenvalue weighted by Crippen LogP contribution is 2.24. The van der Waals surface area contributed by atoms with Gasteiger partial charge in [-0.15, -0.1) is 0 Å². The Bertz CT molecular complexity index is 364. The number of ether oxygens (including phenoxy) is 1. The minimum Gasteiger partial charge on any atom is -0.494 e. The van der Waals surface area contributed by atoms with Crippen molar-refractivity contribution in [2.75, 3.05) is 20.2 Å². The van der Waals surface area contributed by atoms with Crippen molar-refractivity contribution in [2.45, 2.75) is 13.0 Å². The predicted molar refractivity (Wildman–Crippen MR) is 52.8 cm³/mol. The molecule has 15 heavy (non-hydrogen) atoms. The molecule has 0 aromatic heterocycles. The van der Waals surface area contributed by atoms with Gasteiger partial charge in [-0.3, -0.25) is 4.90 Å². The maximum atomic E-state index is 13.5. The summed E-state index contributed by atoms with van der Waals surface area (Å²) in [5, 5.41) is 0. The Balaban J connectivity index is 2.20. The van der Waals surface area contributed by atoms with E-state index >= 15 is 0 Å². The highest BCUT2D eigenvalue weighted by Gasteiger charge is 2.19. The molecule has 0 N–H and O–H groups in total. The maximum Gasteiger partial charge on any atom is 0.200 e. The van der Waals surface area contributed by atoms with Gasteiger partial charge in [-0.25, -0.2) is 4.39 Å². The maximum absolute atomic E-state index is 13.5. The zero-order valence-electron chi connectivity index (χ0n) is 8.59. The third kappa shape index (κ3) is 1.95. The van der Waals surface area contributed by atoms with Gasteiger partial charge in [0, 0.05) is 12.1 Å². The Labute approximate surface area is 87.5 Å². The van der Waals surface area contributed by atoms with Crippen LogP contribution in [0.5, 0.6) is 5.75 Å². The Morgan fingerprint density at radius 2 is 2.00 bits per heavy atom. The van der Waals surface area contributed by atoms with Gasteiger partial charge in [0.1, 0.15) is 0 Å². The largest absolute Gasteiger partial charge is 0.494 e. The van der Waals surface area contributed by atoms with Crippen LogP contribution in [0.1, 0.15) is 12.0 Å². The lowest BCUT2D eigenvalue weighted by atomic mass is 10.1. The summed E-state index contributed by atoms with van der Waals surface area (Å²) < 4.78 is 31.5. The molecule has 2 rings (SSSR count). The Morgan fingerprint density at radius 1 is 1.27 bits per heavy atom. The normalized spacial score (nSPS) is 16.2. The van der Waals surface area contributed by atoms with Crippen LogP contribution >= 0.6 is 0 Å². The van der Waals surface area contributed by atoms with Gasteiger partial charge in [-0.05, 0) is 25.6 Å². The van der Waals surface area contributed by atoms with E-state index in [9.17, 15) is 8.78 Å². The lowest BCUT2D eigenvalue weighted by molar-refractivity contribution is 0.169. The Hall–Kier alpha value is -1.16. The molecule has 1 aromatic carbocycles. The fourth-order valence-electron chi connectivity index (χ4n) is 1.63. The molecule has 1 heterocycles. The smallest absolute Gasteiger partial charge is 0.200 e. The zero-order chi connectivity index (χ0) is 10.8. The molecule has 1 fully saturated rings. The minimum atomic E-state index is -0.893. The van der Waals surface area contributed by atoms with Gasteiger partial charge >= 0.3 is 0 Å². The average molecular weight is 213 g/mol. The predicted octanol–water partition coefficient (Wildman–Crippen LogP) is 2.18. The summed E-state index contributed by atoms with van der Waals surface area (Å²) in [5.74, 6) is -1.73. The molecule has 2 nitrogen and oxygen atoms in total. The first kappa shape index (κ1) is 10.4.